The van der Waals surface area contributed by atoms with Crippen molar-refractivity contribution in [1.82, 2.24) is 5.32 Å². The van der Waals surface area contributed by atoms with Gasteiger partial charge in [0, 0.05) is 6.04 Å². The third-order valence-corrected chi connectivity index (χ3v) is 4.12. The van der Waals surface area contributed by atoms with Gasteiger partial charge in [-0.1, -0.05) is 18.6 Å². The Labute approximate surface area is 88.0 Å². The fourth-order valence-corrected chi connectivity index (χ4v) is 2.29. The summed E-state index contributed by atoms with van der Waals surface area (Å²) in [6.45, 7) is 5.93. The van der Waals surface area contributed by atoms with Crippen LogP contribution in [0.4, 0.5) is 0 Å². The van der Waals surface area contributed by atoms with Gasteiger partial charge >= 0.3 is 0 Å². The molecule has 0 aliphatic heterocycles. The van der Waals surface area contributed by atoms with Crippen molar-refractivity contribution < 1.29 is 0 Å². The van der Waals surface area contributed by atoms with Crippen LogP contribution in [0, 0.1) is 5.41 Å². The molecule has 1 nitrogen and oxygen atoms in total. The molecular formula is C13H23N. The van der Waals surface area contributed by atoms with Gasteiger partial charge in [-0.15, -0.1) is 0 Å². The van der Waals surface area contributed by atoms with E-state index in [0.717, 1.165) is 0 Å². The van der Waals surface area contributed by atoms with Gasteiger partial charge in [0.2, 0.25) is 0 Å². The van der Waals surface area contributed by atoms with Crippen molar-refractivity contribution in [3.63, 3.8) is 0 Å². The van der Waals surface area contributed by atoms with Crippen molar-refractivity contribution in [1.29, 1.82) is 0 Å². The lowest BCUT2D eigenvalue weighted by Gasteiger charge is -2.20. The molecule has 0 aromatic rings. The average Bonchev–Trinajstić information content (AvgIpc) is 2.73. The molecular weight excluding hydrogens is 170 g/mol. The predicted octanol–water partition coefficient (Wildman–Crippen LogP) is 3.27. The highest BCUT2D eigenvalue weighted by atomic mass is 14.9. The fourth-order valence-electron chi connectivity index (χ4n) is 2.29. The molecule has 1 N–H and O–H groups in total. The predicted molar refractivity (Wildman–Crippen MR) is 61.4 cm³/mol. The molecule has 80 valence electrons. The fraction of sp³-hybridized carbons (Fsp3) is 0.846. The van der Waals surface area contributed by atoms with Crippen molar-refractivity contribution in [2.45, 2.75) is 58.4 Å². The highest BCUT2D eigenvalue weighted by Gasteiger charge is 2.41. The molecule has 1 fully saturated rings. The Hall–Kier alpha value is -0.300. The number of hydrogen-bond acceptors (Lipinski definition) is 1. The minimum absolute atomic E-state index is 0.629. The van der Waals surface area contributed by atoms with Gasteiger partial charge < -0.3 is 5.32 Å². The molecule has 0 radical (unpaired) electrons. The molecule has 1 heteroatoms. The molecule has 1 unspecified atom stereocenters. The molecule has 0 heterocycles. The second-order valence-corrected chi connectivity index (χ2v) is 5.33. The maximum absolute atomic E-state index is 3.67. The van der Waals surface area contributed by atoms with Gasteiger partial charge in [0.1, 0.15) is 0 Å². The van der Waals surface area contributed by atoms with Crippen molar-refractivity contribution in [3.8, 4) is 0 Å². The first-order chi connectivity index (χ1) is 6.71. The van der Waals surface area contributed by atoms with Crippen molar-refractivity contribution in [2.75, 3.05) is 6.54 Å². The lowest BCUT2D eigenvalue weighted by molar-refractivity contribution is 0.383. The van der Waals surface area contributed by atoms with Crippen molar-refractivity contribution in [3.05, 3.63) is 11.6 Å². The highest BCUT2D eigenvalue weighted by molar-refractivity contribution is 5.07. The van der Waals surface area contributed by atoms with Gasteiger partial charge in [0.15, 0.2) is 0 Å². The number of allylic oxidation sites excluding steroid dienone is 1. The molecule has 2 rings (SSSR count). The van der Waals surface area contributed by atoms with Gasteiger partial charge in [-0.05, 0) is 57.4 Å². The standard InChI is InChI=1S/C13H23N/c1-11(13(2)8-9-13)14-10-7-12-5-3-4-6-12/h5,11,14H,3-4,6-10H2,1-2H3. The third kappa shape index (κ3) is 2.38. The van der Waals surface area contributed by atoms with E-state index in [0.29, 0.717) is 11.5 Å². The molecule has 14 heavy (non-hydrogen) atoms. The monoisotopic (exact) mass is 193 g/mol. The summed E-state index contributed by atoms with van der Waals surface area (Å²) in [5.74, 6) is 0. The maximum Gasteiger partial charge on any atom is 0.00926 e. The Kier molecular flexibility index (Phi) is 2.96. The largest absolute Gasteiger partial charge is 0.313 e. The number of rotatable bonds is 5. The highest BCUT2D eigenvalue weighted by Crippen LogP contribution is 2.47. The first kappa shape index (κ1) is 10.2. The van der Waals surface area contributed by atoms with E-state index < -0.39 is 0 Å². The Morgan fingerprint density at radius 1 is 1.50 bits per heavy atom. The lowest BCUT2D eigenvalue weighted by Crippen LogP contribution is -2.34. The van der Waals surface area contributed by atoms with Gasteiger partial charge in [-0.2, -0.15) is 0 Å². The van der Waals surface area contributed by atoms with Crippen molar-refractivity contribution in [2.24, 2.45) is 5.41 Å². The normalized spacial score (nSPS) is 26.0. The van der Waals surface area contributed by atoms with Crippen LogP contribution in [0.25, 0.3) is 0 Å². The molecule has 0 aromatic carbocycles. The van der Waals surface area contributed by atoms with E-state index in [2.05, 4.69) is 25.2 Å². The zero-order valence-corrected chi connectivity index (χ0v) is 9.60. The smallest absolute Gasteiger partial charge is 0.00926 e. The molecule has 2 aliphatic carbocycles. The summed E-state index contributed by atoms with van der Waals surface area (Å²) < 4.78 is 0. The summed E-state index contributed by atoms with van der Waals surface area (Å²) in [6, 6.07) is 0.713. The van der Waals surface area contributed by atoms with Gasteiger partial charge in [-0.25, -0.2) is 0 Å². The second kappa shape index (κ2) is 4.06. The summed E-state index contributed by atoms with van der Waals surface area (Å²) in [5.41, 5.74) is 2.31. The van der Waals surface area contributed by atoms with Crippen LogP contribution in [0.2, 0.25) is 0 Å². The molecule has 2 aliphatic rings. The SMILES string of the molecule is CC(NCCC1=CCCC1)C1(C)CC1. The first-order valence-electron chi connectivity index (χ1n) is 6.12. The van der Waals surface area contributed by atoms with Gasteiger partial charge in [-0.3, -0.25) is 0 Å². The van der Waals surface area contributed by atoms with Crippen LogP contribution in [-0.2, 0) is 0 Å². The summed E-state index contributed by atoms with van der Waals surface area (Å²) in [6.07, 6.45) is 10.6. The van der Waals surface area contributed by atoms with Crippen LogP contribution in [0.1, 0.15) is 52.4 Å². The Morgan fingerprint density at radius 3 is 2.86 bits per heavy atom. The first-order valence-corrected chi connectivity index (χ1v) is 6.12. The van der Waals surface area contributed by atoms with E-state index in [-0.39, 0.29) is 0 Å². The van der Waals surface area contributed by atoms with Crippen LogP contribution in [0.3, 0.4) is 0 Å². The molecule has 0 amide bonds. The molecule has 1 atom stereocenters. The van der Waals surface area contributed by atoms with E-state index in [4.69, 9.17) is 0 Å². The van der Waals surface area contributed by atoms with E-state index in [1.807, 2.05) is 0 Å². The quantitative estimate of drug-likeness (QED) is 0.661. The van der Waals surface area contributed by atoms with Crippen LogP contribution >= 0.6 is 0 Å². The Morgan fingerprint density at radius 2 is 2.29 bits per heavy atom. The van der Waals surface area contributed by atoms with Gasteiger partial charge in [0.05, 0.1) is 0 Å². The van der Waals surface area contributed by atoms with E-state index in [1.54, 1.807) is 5.57 Å². The number of nitrogens with one attached hydrogen (secondary N) is 1. The van der Waals surface area contributed by atoms with Crippen molar-refractivity contribution >= 4 is 0 Å². The minimum atomic E-state index is 0.629. The summed E-state index contributed by atoms with van der Waals surface area (Å²) in [5, 5.41) is 3.67. The molecule has 1 saturated carbocycles. The number of hydrogen-bond donors (Lipinski definition) is 1. The summed E-state index contributed by atoms with van der Waals surface area (Å²) in [7, 11) is 0. The molecule has 0 saturated heterocycles. The maximum atomic E-state index is 3.67. The molecule has 0 aromatic heterocycles. The summed E-state index contributed by atoms with van der Waals surface area (Å²) in [4.78, 5) is 0. The second-order valence-electron chi connectivity index (χ2n) is 5.33. The molecule has 0 spiro atoms. The molecule has 0 bridgehead atoms. The Bertz CT molecular complexity index is 225. The van der Waals surface area contributed by atoms with Crippen LogP contribution < -0.4 is 5.32 Å². The van der Waals surface area contributed by atoms with E-state index in [9.17, 15) is 0 Å². The lowest BCUT2D eigenvalue weighted by atomic mass is 10.0. The van der Waals surface area contributed by atoms with E-state index in [1.165, 1.54) is 45.1 Å². The topological polar surface area (TPSA) is 12.0 Å². The minimum Gasteiger partial charge on any atom is -0.313 e. The Balaban J connectivity index is 1.62. The van der Waals surface area contributed by atoms with Crippen LogP contribution in [0.5, 0.6) is 0 Å². The zero-order valence-electron chi connectivity index (χ0n) is 9.60. The van der Waals surface area contributed by atoms with Crippen LogP contribution in [-0.4, -0.2) is 12.6 Å². The van der Waals surface area contributed by atoms with Crippen LogP contribution in [0.15, 0.2) is 11.6 Å². The third-order valence-electron chi connectivity index (χ3n) is 4.12. The average molecular weight is 193 g/mol. The summed E-state index contributed by atoms with van der Waals surface area (Å²) >= 11 is 0. The van der Waals surface area contributed by atoms with Gasteiger partial charge in [0.25, 0.3) is 0 Å². The van der Waals surface area contributed by atoms with E-state index >= 15 is 0 Å². The zero-order chi connectivity index (χ0) is 10.0.